The van der Waals surface area contributed by atoms with E-state index in [1.165, 1.54) is 23.5 Å². The fourth-order valence-corrected chi connectivity index (χ4v) is 4.00. The first-order chi connectivity index (χ1) is 9.46. The van der Waals surface area contributed by atoms with Gasteiger partial charge in [0.15, 0.2) is 0 Å². The maximum atomic E-state index is 13.4. The van der Waals surface area contributed by atoms with Gasteiger partial charge in [0.05, 0.1) is 4.90 Å². The van der Waals surface area contributed by atoms with Crippen molar-refractivity contribution in [1.82, 2.24) is 4.31 Å². The normalized spacial score (nSPS) is 17.6. The number of ether oxygens (including phenoxy) is 1. The van der Waals surface area contributed by atoms with Crippen LogP contribution in [0.15, 0.2) is 23.1 Å². The minimum atomic E-state index is -3.75. The van der Waals surface area contributed by atoms with Crippen LogP contribution in [0.2, 0.25) is 0 Å². The van der Waals surface area contributed by atoms with Gasteiger partial charge in [-0.25, -0.2) is 12.8 Å². The summed E-state index contributed by atoms with van der Waals surface area (Å²) >= 11 is 0. The molecular formula is C13H19FN2O3S. The zero-order valence-electron chi connectivity index (χ0n) is 11.4. The van der Waals surface area contributed by atoms with Crippen LogP contribution in [0, 0.1) is 5.82 Å². The van der Waals surface area contributed by atoms with Gasteiger partial charge in [-0.05, 0) is 30.5 Å². The molecule has 0 bridgehead atoms. The number of sulfonamides is 1. The van der Waals surface area contributed by atoms with Crippen molar-refractivity contribution in [1.29, 1.82) is 0 Å². The maximum Gasteiger partial charge on any atom is 0.243 e. The molecule has 1 aliphatic heterocycles. The largest absolute Gasteiger partial charge is 0.381 e. The highest BCUT2D eigenvalue weighted by molar-refractivity contribution is 7.89. The third kappa shape index (κ3) is 3.01. The van der Waals surface area contributed by atoms with Crippen molar-refractivity contribution in [2.45, 2.75) is 30.3 Å². The molecule has 1 fully saturated rings. The van der Waals surface area contributed by atoms with Gasteiger partial charge in [-0.1, -0.05) is 6.07 Å². The molecule has 1 aromatic carbocycles. The lowest BCUT2D eigenvalue weighted by Gasteiger charge is -2.30. The van der Waals surface area contributed by atoms with Crippen LogP contribution in [0.5, 0.6) is 0 Å². The summed E-state index contributed by atoms with van der Waals surface area (Å²) in [7, 11) is -2.22. The van der Waals surface area contributed by atoms with Gasteiger partial charge >= 0.3 is 0 Å². The summed E-state index contributed by atoms with van der Waals surface area (Å²) in [6.45, 7) is 1.13. The number of hydrogen-bond acceptors (Lipinski definition) is 4. The van der Waals surface area contributed by atoms with Crippen molar-refractivity contribution in [2.75, 3.05) is 20.3 Å². The lowest BCUT2D eigenvalue weighted by atomic mass is 10.1. The fourth-order valence-electron chi connectivity index (χ4n) is 2.34. The molecule has 1 aromatic rings. The Bertz CT molecular complexity index is 571. The van der Waals surface area contributed by atoms with Crippen LogP contribution in [0.3, 0.4) is 0 Å². The molecule has 20 heavy (non-hydrogen) atoms. The molecule has 5 nitrogen and oxygen atoms in total. The van der Waals surface area contributed by atoms with Crippen molar-refractivity contribution in [2.24, 2.45) is 5.73 Å². The van der Waals surface area contributed by atoms with Crippen LogP contribution >= 0.6 is 0 Å². The highest BCUT2D eigenvalue weighted by Gasteiger charge is 2.31. The first-order valence-electron chi connectivity index (χ1n) is 6.51. The van der Waals surface area contributed by atoms with E-state index in [0.29, 0.717) is 31.6 Å². The summed E-state index contributed by atoms with van der Waals surface area (Å²) < 4.78 is 45.2. The molecule has 1 aliphatic rings. The Morgan fingerprint density at radius 1 is 1.40 bits per heavy atom. The van der Waals surface area contributed by atoms with E-state index in [4.69, 9.17) is 10.5 Å². The third-order valence-electron chi connectivity index (χ3n) is 3.61. The molecule has 0 saturated carbocycles. The quantitative estimate of drug-likeness (QED) is 0.903. The highest BCUT2D eigenvalue weighted by Crippen LogP contribution is 2.25. The average Bonchev–Trinajstić information content (AvgIpc) is 2.47. The lowest BCUT2D eigenvalue weighted by molar-refractivity contribution is 0.0632. The SMILES string of the molecule is CN(C1CCOCC1)S(=O)(=O)c1cc(F)ccc1CN. The van der Waals surface area contributed by atoms with Crippen LogP contribution in [0.1, 0.15) is 18.4 Å². The summed E-state index contributed by atoms with van der Waals surface area (Å²) in [5, 5.41) is 0. The number of rotatable bonds is 4. The Morgan fingerprint density at radius 3 is 2.65 bits per heavy atom. The summed E-state index contributed by atoms with van der Waals surface area (Å²) in [4.78, 5) is -0.0472. The van der Waals surface area contributed by atoms with Crippen LogP contribution < -0.4 is 5.73 Å². The van der Waals surface area contributed by atoms with E-state index < -0.39 is 15.8 Å². The van der Waals surface area contributed by atoms with Gasteiger partial charge < -0.3 is 10.5 Å². The molecule has 112 valence electrons. The van der Waals surface area contributed by atoms with E-state index in [-0.39, 0.29) is 17.5 Å². The Balaban J connectivity index is 2.36. The second-order valence-corrected chi connectivity index (χ2v) is 6.79. The van der Waals surface area contributed by atoms with Crippen LogP contribution in [-0.4, -0.2) is 39.0 Å². The number of nitrogens with two attached hydrogens (primary N) is 1. The van der Waals surface area contributed by atoms with E-state index in [9.17, 15) is 12.8 Å². The molecule has 0 atom stereocenters. The topological polar surface area (TPSA) is 72.6 Å². The predicted molar refractivity (Wildman–Crippen MR) is 73.1 cm³/mol. The van der Waals surface area contributed by atoms with Gasteiger partial charge in [0.25, 0.3) is 0 Å². The Labute approximate surface area is 118 Å². The zero-order valence-corrected chi connectivity index (χ0v) is 12.2. The molecule has 1 heterocycles. The standard InChI is InChI=1S/C13H19FN2O3S/c1-16(12-4-6-19-7-5-12)20(17,18)13-8-11(14)3-2-10(13)9-15/h2-3,8,12H,4-7,9,15H2,1H3. The Hall–Kier alpha value is -1.02. The summed E-state index contributed by atoms with van der Waals surface area (Å²) in [5.74, 6) is -0.582. The first kappa shape index (κ1) is 15.4. The molecule has 0 aromatic heterocycles. The third-order valence-corrected chi connectivity index (χ3v) is 5.60. The molecule has 0 radical (unpaired) electrons. The summed E-state index contributed by atoms with van der Waals surface area (Å²) in [6, 6.07) is 3.55. The number of benzene rings is 1. The van der Waals surface area contributed by atoms with Crippen molar-refractivity contribution < 1.29 is 17.5 Å². The van der Waals surface area contributed by atoms with E-state index in [1.54, 1.807) is 0 Å². The lowest BCUT2D eigenvalue weighted by Crippen LogP contribution is -2.41. The number of nitrogens with zero attached hydrogens (tertiary/aromatic N) is 1. The Kier molecular flexibility index (Phi) is 4.74. The molecular weight excluding hydrogens is 283 g/mol. The minimum absolute atomic E-state index is 0.0472. The molecule has 2 rings (SSSR count). The van der Waals surface area contributed by atoms with Gasteiger partial charge in [-0.2, -0.15) is 4.31 Å². The monoisotopic (exact) mass is 302 g/mol. The average molecular weight is 302 g/mol. The second-order valence-electron chi connectivity index (χ2n) is 4.82. The van der Waals surface area contributed by atoms with Gasteiger partial charge in [0, 0.05) is 32.8 Å². The molecule has 0 amide bonds. The van der Waals surface area contributed by atoms with Crippen LogP contribution in [0.4, 0.5) is 4.39 Å². The van der Waals surface area contributed by atoms with Crippen molar-refractivity contribution in [3.05, 3.63) is 29.6 Å². The fraction of sp³-hybridized carbons (Fsp3) is 0.538. The van der Waals surface area contributed by atoms with Gasteiger partial charge in [0.2, 0.25) is 10.0 Å². The molecule has 0 aliphatic carbocycles. The zero-order chi connectivity index (χ0) is 14.8. The molecule has 2 N–H and O–H groups in total. The smallest absolute Gasteiger partial charge is 0.243 e. The van der Waals surface area contributed by atoms with E-state index in [0.717, 1.165) is 6.07 Å². The van der Waals surface area contributed by atoms with Gasteiger partial charge in [-0.15, -0.1) is 0 Å². The van der Waals surface area contributed by atoms with Crippen molar-refractivity contribution in [3.63, 3.8) is 0 Å². The highest BCUT2D eigenvalue weighted by atomic mass is 32.2. The summed E-state index contributed by atoms with van der Waals surface area (Å²) in [6.07, 6.45) is 1.28. The van der Waals surface area contributed by atoms with Crippen LogP contribution in [-0.2, 0) is 21.3 Å². The van der Waals surface area contributed by atoms with E-state index >= 15 is 0 Å². The molecule has 1 saturated heterocycles. The van der Waals surface area contributed by atoms with E-state index in [1.807, 2.05) is 0 Å². The van der Waals surface area contributed by atoms with Crippen LogP contribution in [0.25, 0.3) is 0 Å². The Morgan fingerprint density at radius 2 is 2.05 bits per heavy atom. The number of hydrogen-bond donors (Lipinski definition) is 1. The van der Waals surface area contributed by atoms with Crippen molar-refractivity contribution >= 4 is 10.0 Å². The number of halogens is 1. The van der Waals surface area contributed by atoms with Crippen molar-refractivity contribution in [3.8, 4) is 0 Å². The molecule has 0 unspecified atom stereocenters. The minimum Gasteiger partial charge on any atom is -0.381 e. The molecule has 7 heteroatoms. The molecule has 0 spiro atoms. The predicted octanol–water partition coefficient (Wildman–Crippen LogP) is 1.08. The first-order valence-corrected chi connectivity index (χ1v) is 7.95. The van der Waals surface area contributed by atoms with Gasteiger partial charge in [-0.3, -0.25) is 0 Å². The maximum absolute atomic E-state index is 13.4. The van der Waals surface area contributed by atoms with E-state index in [2.05, 4.69) is 0 Å². The van der Waals surface area contributed by atoms with Gasteiger partial charge in [0.1, 0.15) is 5.82 Å². The second kappa shape index (κ2) is 6.17. The summed E-state index contributed by atoms with van der Waals surface area (Å²) in [5.41, 5.74) is 5.97.